The number of nitro benzene ring substituents is 1. The Kier molecular flexibility index (Phi) is 4.55. The van der Waals surface area contributed by atoms with Gasteiger partial charge in [-0.3, -0.25) is 15.5 Å². The van der Waals surface area contributed by atoms with E-state index >= 15 is 0 Å². The summed E-state index contributed by atoms with van der Waals surface area (Å²) in [4.78, 5) is 12.1. The molecule has 0 aromatic heterocycles. The molecule has 3 N–H and O–H groups in total. The Bertz CT molecular complexity index is 501. The van der Waals surface area contributed by atoms with Crippen molar-refractivity contribution in [3.8, 4) is 0 Å². The van der Waals surface area contributed by atoms with Crippen LogP contribution in [0.25, 0.3) is 0 Å². The lowest BCUT2D eigenvalue weighted by Crippen LogP contribution is -2.24. The molecule has 0 aliphatic rings. The first kappa shape index (κ1) is 13.8. The largest absolute Gasteiger partial charge is 0.377 e. The maximum absolute atomic E-state index is 10.7. The quantitative estimate of drug-likeness (QED) is 0.363. The molecule has 0 atom stereocenters. The molecule has 1 aromatic carbocycles. The molecule has 0 radical (unpaired) electrons. The smallest absolute Gasteiger partial charge is 0.270 e. The Morgan fingerprint density at radius 1 is 1.61 bits per heavy atom. The second kappa shape index (κ2) is 5.92. The minimum atomic E-state index is -0.461. The van der Waals surface area contributed by atoms with Crippen LogP contribution in [0, 0.1) is 10.1 Å². The molecule has 8 heteroatoms. The van der Waals surface area contributed by atoms with Gasteiger partial charge >= 0.3 is 0 Å². The molecule has 0 saturated carbocycles. The predicted octanol–water partition coefficient (Wildman–Crippen LogP) is 0.828. The normalized spacial score (nSPS) is 10.3. The van der Waals surface area contributed by atoms with Gasteiger partial charge < -0.3 is 10.6 Å². The Labute approximate surface area is 109 Å². The van der Waals surface area contributed by atoms with Crippen LogP contribution in [0.2, 0.25) is 0 Å². The number of benzene rings is 1. The number of nitrogens with two attached hydrogens (primary N) is 1. The van der Waals surface area contributed by atoms with Crippen molar-refractivity contribution >= 4 is 34.9 Å². The summed E-state index contributed by atoms with van der Waals surface area (Å²) in [7, 11) is 3.67. The van der Waals surface area contributed by atoms with E-state index in [1.807, 2.05) is 19.0 Å². The fraction of sp³-hybridized carbons (Fsp3) is 0.200. The monoisotopic (exact) mass is 267 g/mol. The summed E-state index contributed by atoms with van der Waals surface area (Å²) in [6, 6.07) is 4.52. The van der Waals surface area contributed by atoms with E-state index in [2.05, 4.69) is 22.7 Å². The molecule has 0 heterocycles. The molecule has 1 rings (SSSR count). The maximum Gasteiger partial charge on any atom is 0.270 e. The second-order valence-corrected chi connectivity index (χ2v) is 4.07. The Morgan fingerprint density at radius 2 is 2.28 bits per heavy atom. The van der Waals surface area contributed by atoms with Crippen molar-refractivity contribution in [1.29, 1.82) is 0 Å². The van der Waals surface area contributed by atoms with Gasteiger partial charge in [0.05, 0.1) is 11.1 Å². The molecule has 0 amide bonds. The highest BCUT2D eigenvalue weighted by Crippen LogP contribution is 2.22. The molecule has 0 aliphatic heterocycles. The highest BCUT2D eigenvalue weighted by Gasteiger charge is 2.10. The molecule has 7 nitrogen and oxygen atoms in total. The molecule has 1 aromatic rings. The number of rotatable bonds is 4. The third-order valence-electron chi connectivity index (χ3n) is 2.08. The van der Waals surface area contributed by atoms with Crippen LogP contribution in [0.3, 0.4) is 0 Å². The van der Waals surface area contributed by atoms with E-state index < -0.39 is 4.92 Å². The third-order valence-corrected chi connectivity index (χ3v) is 2.17. The molecule has 0 bridgehead atoms. The van der Waals surface area contributed by atoms with Crippen molar-refractivity contribution in [2.75, 3.05) is 19.0 Å². The first-order valence-corrected chi connectivity index (χ1v) is 5.37. The number of nitrogens with one attached hydrogen (secondary N) is 1. The van der Waals surface area contributed by atoms with Crippen LogP contribution in [0.15, 0.2) is 23.3 Å². The first-order chi connectivity index (χ1) is 8.41. The van der Waals surface area contributed by atoms with Crippen molar-refractivity contribution in [1.82, 2.24) is 5.43 Å². The van der Waals surface area contributed by atoms with Crippen LogP contribution >= 0.6 is 12.2 Å². The summed E-state index contributed by atoms with van der Waals surface area (Å²) in [5.41, 5.74) is 9.01. The maximum atomic E-state index is 10.7. The summed E-state index contributed by atoms with van der Waals surface area (Å²) in [5.74, 6) is 0. The highest BCUT2D eigenvalue weighted by atomic mass is 32.1. The number of thiocarbonyl (C=S) groups is 1. The molecule has 0 aliphatic carbocycles. The van der Waals surface area contributed by atoms with E-state index in [-0.39, 0.29) is 10.8 Å². The van der Waals surface area contributed by atoms with Crippen LogP contribution in [0.1, 0.15) is 5.56 Å². The molecule has 0 saturated heterocycles. The van der Waals surface area contributed by atoms with Crippen LogP contribution < -0.4 is 16.1 Å². The van der Waals surface area contributed by atoms with Gasteiger partial charge in [0.2, 0.25) is 0 Å². The van der Waals surface area contributed by atoms with Gasteiger partial charge in [0.25, 0.3) is 5.69 Å². The Morgan fingerprint density at radius 3 is 2.78 bits per heavy atom. The number of hydrogen-bond donors (Lipinski definition) is 2. The van der Waals surface area contributed by atoms with Crippen LogP contribution in [0.4, 0.5) is 11.4 Å². The number of nitro groups is 1. The van der Waals surface area contributed by atoms with E-state index in [4.69, 9.17) is 5.73 Å². The third kappa shape index (κ3) is 3.67. The summed E-state index contributed by atoms with van der Waals surface area (Å²) < 4.78 is 0. The van der Waals surface area contributed by atoms with Gasteiger partial charge in [-0.25, -0.2) is 0 Å². The van der Waals surface area contributed by atoms with Gasteiger partial charge in [-0.1, -0.05) is 0 Å². The fourth-order valence-corrected chi connectivity index (χ4v) is 1.38. The highest BCUT2D eigenvalue weighted by molar-refractivity contribution is 7.80. The van der Waals surface area contributed by atoms with Crippen molar-refractivity contribution in [3.05, 3.63) is 33.9 Å². The van der Waals surface area contributed by atoms with E-state index in [1.54, 1.807) is 6.07 Å². The minimum absolute atomic E-state index is 0.00243. The van der Waals surface area contributed by atoms with Gasteiger partial charge in [-0.2, -0.15) is 5.10 Å². The molecule has 96 valence electrons. The zero-order valence-corrected chi connectivity index (χ0v) is 10.8. The standard InChI is InChI=1S/C10H13N5O2S/c1-14(2)9-4-3-8(15(16)17)5-7(9)6-12-13-10(11)18/h3-6H,1-2H3,(H3,11,13,18)/b12-6-. The molecule has 18 heavy (non-hydrogen) atoms. The van der Waals surface area contributed by atoms with Crippen LogP contribution in [0.5, 0.6) is 0 Å². The Hall–Kier alpha value is -2.22. The number of anilines is 1. The molecule has 0 fully saturated rings. The van der Waals surface area contributed by atoms with Crippen LogP contribution in [-0.4, -0.2) is 30.3 Å². The van der Waals surface area contributed by atoms with Gasteiger partial charge in [0.15, 0.2) is 5.11 Å². The second-order valence-electron chi connectivity index (χ2n) is 3.63. The summed E-state index contributed by atoms with van der Waals surface area (Å²) in [6.07, 6.45) is 1.43. The number of nitrogens with zero attached hydrogens (tertiary/aromatic N) is 3. The molecule has 0 unspecified atom stereocenters. The zero-order chi connectivity index (χ0) is 13.7. The average Bonchev–Trinajstić information content (AvgIpc) is 2.27. The van der Waals surface area contributed by atoms with E-state index in [9.17, 15) is 10.1 Å². The fourth-order valence-electron chi connectivity index (χ4n) is 1.33. The van der Waals surface area contributed by atoms with E-state index in [0.29, 0.717) is 5.56 Å². The lowest BCUT2D eigenvalue weighted by Gasteiger charge is -2.14. The van der Waals surface area contributed by atoms with Gasteiger partial charge in [0.1, 0.15) is 0 Å². The van der Waals surface area contributed by atoms with E-state index in [1.165, 1.54) is 18.3 Å². The topological polar surface area (TPSA) is 96.8 Å². The summed E-state index contributed by atoms with van der Waals surface area (Å²) in [5, 5.41) is 14.5. The van der Waals surface area contributed by atoms with Crippen LogP contribution in [-0.2, 0) is 0 Å². The van der Waals surface area contributed by atoms with E-state index in [0.717, 1.165) is 5.69 Å². The number of non-ortho nitro benzene ring substituents is 1. The summed E-state index contributed by atoms with van der Waals surface area (Å²) in [6.45, 7) is 0. The van der Waals surface area contributed by atoms with Gasteiger partial charge in [0, 0.05) is 37.5 Å². The first-order valence-electron chi connectivity index (χ1n) is 4.96. The molecule has 0 spiro atoms. The summed E-state index contributed by atoms with van der Waals surface area (Å²) >= 11 is 4.60. The van der Waals surface area contributed by atoms with Gasteiger partial charge in [-0.05, 0) is 18.3 Å². The number of hydrazone groups is 1. The SMILES string of the molecule is CN(C)c1ccc([N+](=O)[O-])cc1/C=N\NC(N)=S. The average molecular weight is 267 g/mol. The van der Waals surface area contributed by atoms with Crippen molar-refractivity contribution in [2.45, 2.75) is 0 Å². The van der Waals surface area contributed by atoms with Gasteiger partial charge in [-0.15, -0.1) is 0 Å². The van der Waals surface area contributed by atoms with Crippen molar-refractivity contribution in [2.24, 2.45) is 10.8 Å². The molecular formula is C10H13N5O2S. The Balaban J connectivity index is 3.11. The molecular weight excluding hydrogens is 254 g/mol. The van der Waals surface area contributed by atoms with Crippen molar-refractivity contribution < 1.29 is 4.92 Å². The lowest BCUT2D eigenvalue weighted by molar-refractivity contribution is -0.384. The predicted molar refractivity (Wildman–Crippen MR) is 74.9 cm³/mol. The minimum Gasteiger partial charge on any atom is -0.377 e. The lowest BCUT2D eigenvalue weighted by atomic mass is 10.1. The van der Waals surface area contributed by atoms with Crippen molar-refractivity contribution in [3.63, 3.8) is 0 Å². The number of hydrogen-bond acceptors (Lipinski definition) is 5. The zero-order valence-electron chi connectivity index (χ0n) is 9.95.